The van der Waals surface area contributed by atoms with Gasteiger partial charge in [0, 0.05) is 12.0 Å². The Bertz CT molecular complexity index is 840. The van der Waals surface area contributed by atoms with Crippen LogP contribution < -0.4 is 14.2 Å². The van der Waals surface area contributed by atoms with E-state index in [1.165, 1.54) is 0 Å². The Morgan fingerprint density at radius 1 is 0.625 bits per heavy atom. The molecule has 0 atom stereocenters. The summed E-state index contributed by atoms with van der Waals surface area (Å²) in [5.41, 5.74) is 2.73. The van der Waals surface area contributed by atoms with Crippen LogP contribution in [0.3, 0.4) is 0 Å². The van der Waals surface area contributed by atoms with Crippen molar-refractivity contribution in [1.82, 2.24) is 0 Å². The fourth-order valence-corrected chi connectivity index (χ4v) is 4.09. The van der Waals surface area contributed by atoms with Gasteiger partial charge in [0.05, 0.1) is 21.3 Å². The summed E-state index contributed by atoms with van der Waals surface area (Å²) in [7, 11) is 3.15. The largest absolute Gasteiger partial charge is 0.633 e. The highest BCUT2D eigenvalue weighted by Crippen LogP contribution is 2.44. The summed E-state index contributed by atoms with van der Waals surface area (Å²) in [5, 5.41) is 18.2. The number of hydrogen-bond acceptors (Lipinski definition) is 6. The van der Waals surface area contributed by atoms with Crippen molar-refractivity contribution in [3.8, 4) is 17.2 Å². The van der Waals surface area contributed by atoms with E-state index in [1.807, 2.05) is 36.4 Å². The monoisotopic (exact) mass is 436 g/mol. The third-order valence-corrected chi connectivity index (χ3v) is 5.71. The molecule has 6 nitrogen and oxygen atoms in total. The summed E-state index contributed by atoms with van der Waals surface area (Å²) in [4.78, 5) is 0. The topological polar surface area (TPSA) is 77.4 Å². The Hall–Kier alpha value is -3.00. The molecule has 0 aromatic heterocycles. The van der Waals surface area contributed by atoms with Gasteiger partial charge in [0.2, 0.25) is 0 Å². The molecular formula is C25H29BO6. The van der Waals surface area contributed by atoms with Gasteiger partial charge in [-0.15, -0.1) is 0 Å². The van der Waals surface area contributed by atoms with E-state index in [1.54, 1.807) is 21.3 Å². The van der Waals surface area contributed by atoms with Crippen LogP contribution in [-0.4, -0.2) is 45.3 Å². The number of methoxy groups -OCH3 is 3. The lowest BCUT2D eigenvalue weighted by molar-refractivity contribution is 0.179. The van der Waals surface area contributed by atoms with E-state index >= 15 is 0 Å². The van der Waals surface area contributed by atoms with Crippen molar-refractivity contribution in [3.63, 3.8) is 0 Å². The molecule has 3 aromatic carbocycles. The molecule has 0 spiro atoms. The zero-order valence-corrected chi connectivity index (χ0v) is 18.7. The van der Waals surface area contributed by atoms with Gasteiger partial charge in [-0.2, -0.15) is 0 Å². The van der Waals surface area contributed by atoms with Gasteiger partial charge in [-0.3, -0.25) is 0 Å². The Kier molecular flexibility index (Phi) is 8.17. The maximum absolute atomic E-state index is 9.10. The zero-order valence-electron chi connectivity index (χ0n) is 18.7. The van der Waals surface area contributed by atoms with Crippen LogP contribution in [0.4, 0.5) is 0 Å². The van der Waals surface area contributed by atoms with Gasteiger partial charge in [-0.05, 0) is 65.9 Å². The summed E-state index contributed by atoms with van der Waals surface area (Å²) < 4.78 is 21.1. The highest BCUT2D eigenvalue weighted by molar-refractivity contribution is 6.32. The minimum absolute atomic E-state index is 0.210. The van der Waals surface area contributed by atoms with Crippen molar-refractivity contribution in [2.45, 2.75) is 18.3 Å². The fourth-order valence-electron chi connectivity index (χ4n) is 4.09. The van der Waals surface area contributed by atoms with Crippen molar-refractivity contribution < 1.29 is 28.9 Å². The Morgan fingerprint density at radius 2 is 0.969 bits per heavy atom. The molecule has 0 saturated heterocycles. The molecule has 0 aliphatic carbocycles. The molecule has 3 aromatic rings. The van der Waals surface area contributed by atoms with Crippen molar-refractivity contribution in [2.24, 2.45) is 0 Å². The van der Waals surface area contributed by atoms with Crippen LogP contribution in [0.1, 0.15) is 29.5 Å². The van der Waals surface area contributed by atoms with E-state index in [0.29, 0.717) is 12.8 Å². The molecule has 0 bridgehead atoms. The molecule has 3 rings (SSSR count). The maximum Gasteiger partial charge on any atom is 0.633 e. The molecule has 0 unspecified atom stereocenters. The number of hydrogen-bond donors (Lipinski definition) is 2. The first kappa shape index (κ1) is 23.7. The lowest BCUT2D eigenvalue weighted by atomic mass is 9.66. The maximum atomic E-state index is 9.10. The van der Waals surface area contributed by atoms with Crippen LogP contribution in [0.2, 0.25) is 0 Å². The second-order valence-electron chi connectivity index (χ2n) is 7.39. The smallest absolute Gasteiger partial charge is 0.497 e. The van der Waals surface area contributed by atoms with E-state index in [9.17, 15) is 0 Å². The van der Waals surface area contributed by atoms with Crippen molar-refractivity contribution in [3.05, 3.63) is 89.5 Å². The summed E-state index contributed by atoms with van der Waals surface area (Å²) in [6.45, 7) is 0.210. The highest BCUT2D eigenvalue weighted by Gasteiger charge is 2.36. The molecule has 0 fully saturated rings. The van der Waals surface area contributed by atoms with Gasteiger partial charge >= 0.3 is 7.32 Å². The lowest BCUT2D eigenvalue weighted by Gasteiger charge is -2.36. The summed E-state index contributed by atoms with van der Waals surface area (Å²) in [5.74, 6) is 2.33. The third-order valence-electron chi connectivity index (χ3n) is 5.71. The Labute approximate surface area is 189 Å². The molecule has 168 valence electrons. The van der Waals surface area contributed by atoms with Crippen molar-refractivity contribution >= 4 is 7.32 Å². The quantitative estimate of drug-likeness (QED) is 0.271. The minimum atomic E-state index is -1.78. The normalized spacial score (nSPS) is 11.2. The Morgan fingerprint density at radius 3 is 1.25 bits per heavy atom. The summed E-state index contributed by atoms with van der Waals surface area (Å²) >= 11 is 0. The van der Waals surface area contributed by atoms with Gasteiger partial charge < -0.3 is 28.9 Å². The van der Waals surface area contributed by atoms with Crippen molar-refractivity contribution in [2.75, 3.05) is 27.9 Å². The first-order chi connectivity index (χ1) is 15.5. The predicted octanol–water partition coefficient (Wildman–Crippen LogP) is 3.81. The van der Waals surface area contributed by atoms with Crippen molar-refractivity contribution in [1.29, 1.82) is 0 Å². The highest BCUT2D eigenvalue weighted by atomic mass is 16.6. The second-order valence-corrected chi connectivity index (χ2v) is 7.39. The zero-order chi connectivity index (χ0) is 23.0. The molecule has 0 radical (unpaired) electrons. The SMILES string of the molecule is COc1ccc(C(CCCOB(O)O)(c2ccc(OC)cc2)c2ccc(OC)cc2)cc1. The minimum Gasteiger partial charge on any atom is -0.497 e. The fraction of sp³-hybridized carbons (Fsp3) is 0.280. The van der Waals surface area contributed by atoms with Crippen LogP contribution in [0.15, 0.2) is 72.8 Å². The average Bonchev–Trinajstić information content (AvgIpc) is 2.84. The van der Waals surface area contributed by atoms with Gasteiger partial charge in [0.25, 0.3) is 0 Å². The average molecular weight is 436 g/mol. The summed E-state index contributed by atoms with van der Waals surface area (Å²) in [6.07, 6.45) is 1.27. The van der Waals surface area contributed by atoms with Gasteiger partial charge in [0.1, 0.15) is 17.2 Å². The Balaban J connectivity index is 2.15. The number of rotatable bonds is 11. The van der Waals surface area contributed by atoms with Crippen LogP contribution in [-0.2, 0) is 10.1 Å². The van der Waals surface area contributed by atoms with Gasteiger partial charge in [0.15, 0.2) is 0 Å². The van der Waals surface area contributed by atoms with E-state index in [4.69, 9.17) is 28.9 Å². The first-order valence-corrected chi connectivity index (χ1v) is 10.4. The molecule has 0 aliphatic rings. The predicted molar refractivity (Wildman–Crippen MR) is 124 cm³/mol. The van der Waals surface area contributed by atoms with Gasteiger partial charge in [-0.25, -0.2) is 0 Å². The summed E-state index contributed by atoms with van der Waals surface area (Å²) in [6, 6.07) is 24.1. The van der Waals surface area contributed by atoms with E-state index in [-0.39, 0.29) is 6.61 Å². The third kappa shape index (κ3) is 5.25. The van der Waals surface area contributed by atoms with Crippen LogP contribution in [0, 0.1) is 0 Å². The van der Waals surface area contributed by atoms with E-state index in [0.717, 1.165) is 33.9 Å². The van der Waals surface area contributed by atoms with Crippen LogP contribution in [0.5, 0.6) is 17.2 Å². The van der Waals surface area contributed by atoms with E-state index in [2.05, 4.69) is 36.4 Å². The molecular weight excluding hydrogens is 407 g/mol. The molecule has 0 aliphatic heterocycles. The molecule has 2 N–H and O–H groups in total. The van der Waals surface area contributed by atoms with E-state index < -0.39 is 12.7 Å². The lowest BCUT2D eigenvalue weighted by Crippen LogP contribution is -2.30. The molecule has 0 amide bonds. The molecule has 0 heterocycles. The van der Waals surface area contributed by atoms with Crippen LogP contribution in [0.25, 0.3) is 0 Å². The molecule has 0 saturated carbocycles. The number of ether oxygens (including phenoxy) is 3. The molecule has 32 heavy (non-hydrogen) atoms. The number of benzene rings is 3. The standard InChI is InChI=1S/C25H29BO6/c1-29-22-11-5-19(6-12-22)25(17-4-18-32-26(27)28,20-7-13-23(30-2)14-8-20)21-9-15-24(31-3)16-10-21/h5-16,27-28H,4,17-18H2,1-3H3. The van der Waals surface area contributed by atoms with Crippen LogP contribution >= 0.6 is 0 Å². The van der Waals surface area contributed by atoms with Gasteiger partial charge in [-0.1, -0.05) is 36.4 Å². The first-order valence-electron chi connectivity index (χ1n) is 10.4. The molecule has 7 heteroatoms. The second kappa shape index (κ2) is 11.0.